The number of hydrogen-bond donors (Lipinski definition) is 1. The normalized spacial score (nSPS) is 2.55. The highest BCUT2D eigenvalue weighted by molar-refractivity contribution is 4.93. The standard InChI is InChI=1S/C3H3N.C3H6.CH4.H3N.2H2O/c1-2-3-4;1-3-2;;;;/h2H,1H2;3H,1H2,2H3;1H4;1H3;2*1H2. The first kappa shape index (κ1) is 52.0. The second-order valence-corrected chi connectivity index (χ2v) is 0.741. The number of nitrogens with zero attached hydrogens (tertiary/aromatic N) is 1. The van der Waals surface area contributed by atoms with Gasteiger partial charge in [-0.1, -0.05) is 20.1 Å². The molecule has 0 aliphatic rings. The summed E-state index contributed by atoms with van der Waals surface area (Å²) in [6.07, 6.45) is 2.93. The maximum Gasteiger partial charge on any atom is 0.0905 e. The molecule has 0 saturated carbocycles. The van der Waals surface area contributed by atoms with Gasteiger partial charge in [0.05, 0.1) is 6.07 Å². The Morgan fingerprint density at radius 2 is 1.36 bits per heavy atom. The maximum absolute atomic E-state index is 7.51. The molecule has 0 bridgehead atoms. The van der Waals surface area contributed by atoms with Crippen LogP contribution in [-0.4, -0.2) is 11.0 Å². The molecule has 0 aliphatic heterocycles. The molecule has 0 radical (unpaired) electrons. The average Bonchev–Trinajstić information content (AvgIpc) is 1.69. The molecule has 0 fully saturated rings. The monoisotopic (exact) mass is 164 g/mol. The highest BCUT2D eigenvalue weighted by Gasteiger charge is 1.34. The summed E-state index contributed by atoms with van der Waals surface area (Å²) in [5, 5.41) is 7.51. The van der Waals surface area contributed by atoms with E-state index < -0.39 is 0 Å². The fourth-order valence-corrected chi connectivity index (χ4v) is 0. The van der Waals surface area contributed by atoms with Crippen molar-refractivity contribution in [1.82, 2.24) is 6.15 Å². The molecule has 0 heterocycles. The zero-order valence-electron chi connectivity index (χ0n) is 6.22. The predicted molar refractivity (Wildman–Crippen MR) is 50.7 cm³/mol. The quantitative estimate of drug-likeness (QED) is 0.424. The molecule has 70 valence electrons. The van der Waals surface area contributed by atoms with Crippen molar-refractivity contribution in [3.8, 4) is 6.07 Å². The lowest BCUT2D eigenvalue weighted by molar-refractivity contribution is 0.823. The Labute approximate surface area is 69.1 Å². The summed E-state index contributed by atoms with van der Waals surface area (Å²) < 4.78 is 0. The van der Waals surface area contributed by atoms with Crippen molar-refractivity contribution in [3.05, 3.63) is 25.3 Å². The number of nitriles is 1. The Hall–Kier alpha value is -1.15. The van der Waals surface area contributed by atoms with Gasteiger partial charge in [0.15, 0.2) is 0 Å². The molecule has 0 spiro atoms. The topological polar surface area (TPSA) is 122 Å². The van der Waals surface area contributed by atoms with E-state index >= 15 is 0 Å². The zero-order valence-corrected chi connectivity index (χ0v) is 6.22. The summed E-state index contributed by atoms with van der Waals surface area (Å²) in [6.45, 7) is 8.37. The Morgan fingerprint density at radius 1 is 1.27 bits per heavy atom. The van der Waals surface area contributed by atoms with Crippen molar-refractivity contribution in [2.45, 2.75) is 14.4 Å². The zero-order chi connectivity index (χ0) is 6.12. The van der Waals surface area contributed by atoms with Crippen LogP contribution >= 0.6 is 0 Å². The van der Waals surface area contributed by atoms with Gasteiger partial charge in [-0.15, -0.1) is 6.58 Å². The Bertz CT molecular complexity index is 86.9. The van der Waals surface area contributed by atoms with Gasteiger partial charge in [-0.2, -0.15) is 5.26 Å². The van der Waals surface area contributed by atoms with Gasteiger partial charge in [-0.25, -0.2) is 0 Å². The third-order valence-corrected chi connectivity index (χ3v) is 0.0913. The van der Waals surface area contributed by atoms with Crippen LogP contribution in [0.5, 0.6) is 0 Å². The summed E-state index contributed by atoms with van der Waals surface area (Å²) >= 11 is 0. The van der Waals surface area contributed by atoms with Crippen LogP contribution in [-0.2, 0) is 0 Å². The molecule has 0 saturated heterocycles. The summed E-state index contributed by atoms with van der Waals surface area (Å²) in [6, 6.07) is 1.69. The highest BCUT2D eigenvalue weighted by atomic mass is 16.0. The Morgan fingerprint density at radius 3 is 1.36 bits per heavy atom. The van der Waals surface area contributed by atoms with Crippen molar-refractivity contribution in [2.75, 3.05) is 0 Å². The minimum Gasteiger partial charge on any atom is -0.412 e. The molecule has 0 aromatic rings. The van der Waals surface area contributed by atoms with Crippen molar-refractivity contribution >= 4 is 0 Å². The maximum atomic E-state index is 7.51. The van der Waals surface area contributed by atoms with Gasteiger partial charge >= 0.3 is 0 Å². The second kappa shape index (κ2) is 159. The summed E-state index contributed by atoms with van der Waals surface area (Å²) in [5.41, 5.74) is 0. The van der Waals surface area contributed by atoms with Crippen LogP contribution in [0.1, 0.15) is 14.4 Å². The van der Waals surface area contributed by atoms with Gasteiger partial charge in [-0.05, 0) is 6.92 Å². The van der Waals surface area contributed by atoms with Crippen molar-refractivity contribution in [3.63, 3.8) is 0 Å². The molecular formula is C7H20N2O2. The van der Waals surface area contributed by atoms with E-state index in [-0.39, 0.29) is 24.5 Å². The van der Waals surface area contributed by atoms with Crippen LogP contribution in [0.4, 0.5) is 0 Å². The van der Waals surface area contributed by atoms with E-state index in [1.54, 1.807) is 12.1 Å². The molecule has 4 heteroatoms. The number of hydrogen-bond acceptors (Lipinski definition) is 2. The molecule has 0 aromatic heterocycles. The van der Waals surface area contributed by atoms with Crippen LogP contribution in [0.2, 0.25) is 0 Å². The van der Waals surface area contributed by atoms with Gasteiger partial charge in [-0.3, -0.25) is 0 Å². The van der Waals surface area contributed by atoms with Gasteiger partial charge in [0.25, 0.3) is 0 Å². The lowest BCUT2D eigenvalue weighted by Crippen LogP contribution is -1.23. The lowest BCUT2D eigenvalue weighted by Gasteiger charge is -1.31. The van der Waals surface area contributed by atoms with E-state index in [0.29, 0.717) is 0 Å². The average molecular weight is 164 g/mol. The summed E-state index contributed by atoms with van der Waals surface area (Å²) in [7, 11) is 0. The van der Waals surface area contributed by atoms with Gasteiger partial charge in [0.1, 0.15) is 0 Å². The largest absolute Gasteiger partial charge is 0.412 e. The summed E-state index contributed by atoms with van der Waals surface area (Å²) in [4.78, 5) is 0. The Kier molecular flexibility index (Phi) is 754. The minimum absolute atomic E-state index is 0. The molecule has 0 unspecified atom stereocenters. The summed E-state index contributed by atoms with van der Waals surface area (Å²) in [5.74, 6) is 0. The van der Waals surface area contributed by atoms with Gasteiger partial charge in [0.2, 0.25) is 0 Å². The number of allylic oxidation sites excluding steroid dienone is 2. The van der Waals surface area contributed by atoms with Crippen molar-refractivity contribution < 1.29 is 11.0 Å². The van der Waals surface area contributed by atoms with Gasteiger partial charge < -0.3 is 17.1 Å². The number of rotatable bonds is 0. The molecule has 0 amide bonds. The fourth-order valence-electron chi connectivity index (χ4n) is 0. The first-order chi connectivity index (χ1) is 3.33. The SMILES string of the molecule is C.C=CC.C=CC#N.N.O.O. The van der Waals surface area contributed by atoms with Gasteiger partial charge in [0, 0.05) is 6.08 Å². The van der Waals surface area contributed by atoms with E-state index in [1.807, 2.05) is 6.92 Å². The Balaban J connectivity index is -0.00000000848. The first-order valence-corrected chi connectivity index (χ1v) is 1.91. The molecular weight excluding hydrogens is 144 g/mol. The predicted octanol–water partition coefficient (Wildman–Crippen LogP) is 1.04. The minimum atomic E-state index is 0. The van der Waals surface area contributed by atoms with E-state index in [4.69, 9.17) is 5.26 Å². The van der Waals surface area contributed by atoms with Crippen LogP contribution in [0, 0.1) is 11.3 Å². The van der Waals surface area contributed by atoms with E-state index in [0.717, 1.165) is 0 Å². The van der Waals surface area contributed by atoms with Crippen LogP contribution < -0.4 is 6.15 Å². The van der Waals surface area contributed by atoms with Crippen molar-refractivity contribution in [1.29, 1.82) is 5.26 Å². The van der Waals surface area contributed by atoms with E-state index in [1.165, 1.54) is 6.08 Å². The third kappa shape index (κ3) is 18500. The fraction of sp³-hybridized carbons (Fsp3) is 0.286. The lowest BCUT2D eigenvalue weighted by atomic mass is 10.8. The molecule has 0 aliphatic carbocycles. The second-order valence-electron chi connectivity index (χ2n) is 0.741. The first-order valence-electron chi connectivity index (χ1n) is 1.91. The van der Waals surface area contributed by atoms with E-state index in [2.05, 4.69) is 13.2 Å². The van der Waals surface area contributed by atoms with Crippen LogP contribution in [0.15, 0.2) is 25.3 Å². The van der Waals surface area contributed by atoms with Crippen molar-refractivity contribution in [2.24, 2.45) is 0 Å². The molecule has 0 rings (SSSR count). The molecule has 0 atom stereocenters. The smallest absolute Gasteiger partial charge is 0.0905 e. The molecule has 4 nitrogen and oxygen atoms in total. The third-order valence-electron chi connectivity index (χ3n) is 0.0913. The molecule has 0 aromatic carbocycles. The highest BCUT2D eigenvalue weighted by Crippen LogP contribution is 1.41. The van der Waals surface area contributed by atoms with Crippen LogP contribution in [0.3, 0.4) is 0 Å². The van der Waals surface area contributed by atoms with E-state index in [9.17, 15) is 0 Å². The molecule has 7 N–H and O–H groups in total. The van der Waals surface area contributed by atoms with Crippen LogP contribution in [0.25, 0.3) is 0 Å². The molecule has 11 heavy (non-hydrogen) atoms.